The van der Waals surface area contributed by atoms with Crippen LogP contribution in [-0.2, 0) is 17.8 Å². The van der Waals surface area contributed by atoms with Crippen LogP contribution in [0.25, 0.3) is 0 Å². The number of carbonyl (C=O) groups is 3. The molecule has 4 N–H and O–H groups in total. The third-order valence-corrected chi connectivity index (χ3v) is 8.32. The number of nitrogens with zero attached hydrogens (tertiary/aromatic N) is 1. The molecule has 2 amide bonds. The van der Waals surface area contributed by atoms with Gasteiger partial charge in [-0.1, -0.05) is 52.0 Å². The average Bonchev–Trinajstić information content (AvgIpc) is 3.02. The number of hydrogen-bond donors (Lipinski definition) is 4. The third-order valence-electron chi connectivity index (χ3n) is 8.32. The monoisotopic (exact) mass is 651 g/mol. The Morgan fingerprint density at radius 3 is 2.13 bits per heavy atom. The fourth-order valence-electron chi connectivity index (χ4n) is 5.59. The predicted octanol–water partition coefficient (Wildman–Crippen LogP) is 5.85. The first-order valence-electron chi connectivity index (χ1n) is 16.2. The van der Waals surface area contributed by atoms with Crippen molar-refractivity contribution in [1.29, 1.82) is 0 Å². The van der Waals surface area contributed by atoms with Crippen LogP contribution in [0.5, 0.6) is 0 Å². The molecule has 0 spiro atoms. The van der Waals surface area contributed by atoms with Crippen molar-refractivity contribution in [1.82, 2.24) is 15.5 Å². The fourth-order valence-corrected chi connectivity index (χ4v) is 5.59. The average molecular weight is 652 g/mol. The summed E-state index contributed by atoms with van der Waals surface area (Å²) in [5, 5.41) is 26.7. The zero-order valence-corrected chi connectivity index (χ0v) is 27.9. The highest BCUT2D eigenvalue weighted by molar-refractivity contribution is 6.00. The molecular formula is C37H47F2N3O5. The number of benzene rings is 3. The smallest absolute Gasteiger partial charge is 0.306 e. The van der Waals surface area contributed by atoms with Gasteiger partial charge in [-0.05, 0) is 84.7 Å². The zero-order valence-electron chi connectivity index (χ0n) is 27.9. The van der Waals surface area contributed by atoms with Crippen LogP contribution in [-0.4, -0.2) is 64.7 Å². The van der Waals surface area contributed by atoms with E-state index in [1.807, 2.05) is 45.0 Å². The van der Waals surface area contributed by atoms with Crippen molar-refractivity contribution in [2.75, 3.05) is 19.6 Å². The van der Waals surface area contributed by atoms with Crippen molar-refractivity contribution >= 4 is 17.8 Å². The first kappa shape index (κ1) is 37.3. The molecule has 0 fully saturated rings. The number of aliphatic hydroxyl groups is 1. The summed E-state index contributed by atoms with van der Waals surface area (Å²) >= 11 is 0. The van der Waals surface area contributed by atoms with Crippen molar-refractivity contribution in [3.63, 3.8) is 0 Å². The Hall–Kier alpha value is -4.15. The van der Waals surface area contributed by atoms with E-state index in [0.29, 0.717) is 30.8 Å². The lowest BCUT2D eigenvalue weighted by Crippen LogP contribution is -2.48. The number of halogens is 2. The first-order chi connectivity index (χ1) is 22.3. The Labute approximate surface area is 276 Å². The van der Waals surface area contributed by atoms with Gasteiger partial charge in [0, 0.05) is 43.4 Å². The molecule has 10 heteroatoms. The topological polar surface area (TPSA) is 119 Å². The van der Waals surface area contributed by atoms with E-state index in [0.717, 1.165) is 42.2 Å². The molecule has 0 aliphatic heterocycles. The Morgan fingerprint density at radius 1 is 0.872 bits per heavy atom. The Bertz CT molecular complexity index is 1510. The lowest BCUT2D eigenvalue weighted by atomic mass is 9.88. The maximum atomic E-state index is 14.0. The molecule has 0 aliphatic carbocycles. The Kier molecular flexibility index (Phi) is 14.0. The van der Waals surface area contributed by atoms with E-state index < -0.39 is 41.6 Å². The summed E-state index contributed by atoms with van der Waals surface area (Å²) < 4.78 is 28.1. The lowest BCUT2D eigenvalue weighted by molar-refractivity contribution is -0.141. The molecule has 0 saturated carbocycles. The molecule has 8 nitrogen and oxygen atoms in total. The number of aliphatic carboxylic acids is 1. The molecule has 0 bridgehead atoms. The van der Waals surface area contributed by atoms with Gasteiger partial charge in [0.15, 0.2) is 0 Å². The van der Waals surface area contributed by atoms with Gasteiger partial charge >= 0.3 is 5.97 Å². The molecule has 3 rings (SSSR count). The van der Waals surface area contributed by atoms with Crippen LogP contribution in [0.4, 0.5) is 8.78 Å². The standard InChI is InChI=1S/C37H47F2N3O5/c1-6-11-42(12-7-2)36(45)30-14-23(3)13-29(19-30)35(44)41-33(18-27-16-31(38)20-32(39)17-27)34(43)22-40-21-26-9-8-10-28(15-26)24(4)25(5)37(46)47/h8-10,13-17,19-20,24-25,33-34,40,43H,6-7,11-12,18,21-22H2,1-5H3,(H,41,44)(H,46,47)/t24?,25-,33+,34-/m1/s1. The van der Waals surface area contributed by atoms with Crippen molar-refractivity contribution in [3.8, 4) is 0 Å². The third kappa shape index (κ3) is 11.0. The van der Waals surface area contributed by atoms with Crippen LogP contribution in [0.2, 0.25) is 0 Å². The number of nitrogens with one attached hydrogen (secondary N) is 2. The van der Waals surface area contributed by atoms with Crippen molar-refractivity contribution in [3.05, 3.63) is 106 Å². The Morgan fingerprint density at radius 2 is 1.51 bits per heavy atom. The van der Waals surface area contributed by atoms with Gasteiger partial charge in [0.1, 0.15) is 11.6 Å². The molecule has 0 aromatic heterocycles. The number of carboxylic acids is 1. The van der Waals surface area contributed by atoms with Gasteiger partial charge in [-0.3, -0.25) is 14.4 Å². The maximum Gasteiger partial charge on any atom is 0.306 e. The normalized spacial score (nSPS) is 13.8. The molecule has 254 valence electrons. The summed E-state index contributed by atoms with van der Waals surface area (Å²) in [6.45, 7) is 10.9. The second-order valence-corrected chi connectivity index (χ2v) is 12.3. The van der Waals surface area contributed by atoms with Crippen LogP contribution in [0.15, 0.2) is 60.7 Å². The highest BCUT2D eigenvalue weighted by Gasteiger charge is 2.25. The second-order valence-electron chi connectivity index (χ2n) is 12.3. The molecule has 4 atom stereocenters. The zero-order chi connectivity index (χ0) is 34.7. The lowest BCUT2D eigenvalue weighted by Gasteiger charge is -2.26. The van der Waals surface area contributed by atoms with E-state index in [4.69, 9.17) is 0 Å². The molecule has 47 heavy (non-hydrogen) atoms. The summed E-state index contributed by atoms with van der Waals surface area (Å²) in [7, 11) is 0. The summed E-state index contributed by atoms with van der Waals surface area (Å²) in [5.74, 6) is -3.88. The summed E-state index contributed by atoms with van der Waals surface area (Å²) in [5.41, 5.74) is 3.35. The van der Waals surface area contributed by atoms with Crippen molar-refractivity contribution in [2.45, 2.75) is 78.5 Å². The largest absolute Gasteiger partial charge is 0.481 e. The number of aryl methyl sites for hydroxylation is 1. The predicted molar refractivity (Wildman–Crippen MR) is 178 cm³/mol. The van der Waals surface area contributed by atoms with Crippen LogP contribution in [0.3, 0.4) is 0 Å². The molecular weight excluding hydrogens is 604 g/mol. The highest BCUT2D eigenvalue weighted by Crippen LogP contribution is 2.25. The minimum absolute atomic E-state index is 0.0363. The fraction of sp³-hybridized carbons (Fsp3) is 0.432. The molecule has 0 heterocycles. The van der Waals surface area contributed by atoms with Crippen molar-refractivity contribution < 1.29 is 33.4 Å². The van der Waals surface area contributed by atoms with E-state index >= 15 is 0 Å². The first-order valence-corrected chi connectivity index (χ1v) is 16.2. The minimum Gasteiger partial charge on any atom is -0.481 e. The number of carbonyl (C=O) groups excluding carboxylic acids is 2. The van der Waals surface area contributed by atoms with E-state index in [-0.39, 0.29) is 35.9 Å². The van der Waals surface area contributed by atoms with Gasteiger partial charge in [0.25, 0.3) is 11.8 Å². The van der Waals surface area contributed by atoms with Crippen LogP contribution in [0.1, 0.15) is 89.4 Å². The van der Waals surface area contributed by atoms with E-state index in [1.165, 1.54) is 6.07 Å². The van der Waals surface area contributed by atoms with Gasteiger partial charge in [-0.2, -0.15) is 0 Å². The number of carboxylic acid groups (broad SMARTS) is 1. The molecule has 3 aromatic carbocycles. The van der Waals surface area contributed by atoms with Gasteiger partial charge < -0.3 is 25.7 Å². The second kappa shape index (κ2) is 17.7. The van der Waals surface area contributed by atoms with E-state index in [1.54, 1.807) is 30.9 Å². The number of amides is 2. The molecule has 1 unspecified atom stereocenters. The molecule has 0 aliphatic rings. The summed E-state index contributed by atoms with van der Waals surface area (Å²) in [4.78, 5) is 40.1. The van der Waals surface area contributed by atoms with Crippen LogP contribution < -0.4 is 10.6 Å². The quantitative estimate of drug-likeness (QED) is 0.145. The number of rotatable bonds is 17. The van der Waals surface area contributed by atoms with E-state index in [9.17, 15) is 33.4 Å². The van der Waals surface area contributed by atoms with Gasteiger partial charge in [0.2, 0.25) is 0 Å². The van der Waals surface area contributed by atoms with E-state index in [2.05, 4.69) is 10.6 Å². The van der Waals surface area contributed by atoms with Crippen LogP contribution in [0, 0.1) is 24.5 Å². The summed E-state index contributed by atoms with van der Waals surface area (Å²) in [6, 6.07) is 14.6. The van der Waals surface area contributed by atoms with Gasteiger partial charge in [-0.15, -0.1) is 0 Å². The number of hydrogen-bond acceptors (Lipinski definition) is 5. The molecule has 3 aromatic rings. The molecule has 0 saturated heterocycles. The van der Waals surface area contributed by atoms with Crippen LogP contribution >= 0.6 is 0 Å². The van der Waals surface area contributed by atoms with Gasteiger partial charge in [-0.25, -0.2) is 8.78 Å². The van der Waals surface area contributed by atoms with Gasteiger partial charge in [0.05, 0.1) is 18.1 Å². The Balaban J connectivity index is 1.79. The number of aliphatic hydroxyl groups excluding tert-OH is 1. The minimum atomic E-state index is -1.16. The highest BCUT2D eigenvalue weighted by atomic mass is 19.1. The maximum absolute atomic E-state index is 14.0. The molecule has 0 radical (unpaired) electrons. The summed E-state index contributed by atoms with van der Waals surface area (Å²) in [6.07, 6.45) is 0.387. The van der Waals surface area contributed by atoms with Crippen molar-refractivity contribution in [2.24, 2.45) is 5.92 Å². The SMILES string of the molecule is CCCN(CCC)C(=O)c1cc(C)cc(C(=O)N[C@@H](Cc2cc(F)cc(F)c2)[C@H](O)CNCc2cccc(C(C)[C@@H](C)C(=O)O)c2)c1.